The Morgan fingerprint density at radius 3 is 2.65 bits per heavy atom. The molecule has 0 N–H and O–H groups in total. The number of benzene rings is 2. The van der Waals surface area contributed by atoms with Crippen LogP contribution < -0.4 is 0 Å². The van der Waals surface area contributed by atoms with Gasteiger partial charge in [0.05, 0.1) is 6.54 Å². The Labute approximate surface area is 189 Å². The molecule has 0 fully saturated rings. The lowest BCUT2D eigenvalue weighted by molar-refractivity contribution is -0.132. The number of halogens is 2. The fourth-order valence-corrected chi connectivity index (χ4v) is 6.07. The molecule has 3 aromatic rings. The summed E-state index contributed by atoms with van der Waals surface area (Å²) in [6, 6.07) is 14.0. The van der Waals surface area contributed by atoms with Crippen LogP contribution >= 0.6 is 22.9 Å². The van der Waals surface area contributed by atoms with Crippen molar-refractivity contribution >= 4 is 38.9 Å². The Kier molecular flexibility index (Phi) is 6.43. The minimum atomic E-state index is -4.28. The van der Waals surface area contributed by atoms with Crippen molar-refractivity contribution in [2.24, 2.45) is 0 Å². The van der Waals surface area contributed by atoms with E-state index >= 15 is 0 Å². The maximum absolute atomic E-state index is 14.4. The molecule has 1 amide bonds. The van der Waals surface area contributed by atoms with Gasteiger partial charge in [0.1, 0.15) is 10.7 Å². The number of rotatable bonds is 6. The molecule has 31 heavy (non-hydrogen) atoms. The monoisotopic (exact) mass is 478 g/mol. The number of fused-ring (bicyclic) bond motifs is 1. The van der Waals surface area contributed by atoms with Gasteiger partial charge in [-0.2, -0.15) is 4.31 Å². The van der Waals surface area contributed by atoms with Crippen LogP contribution in [0.1, 0.15) is 16.0 Å². The lowest BCUT2D eigenvalue weighted by Gasteiger charge is -2.30. The summed E-state index contributed by atoms with van der Waals surface area (Å²) >= 11 is 7.89. The second kappa shape index (κ2) is 9.08. The lowest BCUT2D eigenvalue weighted by atomic mass is 10.1. The Morgan fingerprint density at radius 1 is 1.13 bits per heavy atom. The highest BCUT2D eigenvalue weighted by atomic mass is 35.5. The van der Waals surface area contributed by atoms with Crippen molar-refractivity contribution < 1.29 is 17.6 Å². The average Bonchev–Trinajstić information content (AvgIpc) is 3.22. The molecule has 9 heteroatoms. The standard InChI is InChI=1S/C22H20ClFN2O3S2/c23-18-6-2-1-5-16(18)14-26(31(28,29)21-8-4-3-7-19(21)24)15-22(27)25-11-9-20-17(13-25)10-12-30-20/h1-8,10,12H,9,11,13-15H2. The molecule has 2 aromatic carbocycles. The highest BCUT2D eigenvalue weighted by Gasteiger charge is 2.32. The molecule has 162 valence electrons. The van der Waals surface area contributed by atoms with Crippen molar-refractivity contribution in [1.29, 1.82) is 0 Å². The highest BCUT2D eigenvalue weighted by molar-refractivity contribution is 7.89. The van der Waals surface area contributed by atoms with Crippen molar-refractivity contribution in [1.82, 2.24) is 9.21 Å². The second-order valence-electron chi connectivity index (χ2n) is 7.23. The molecule has 0 saturated heterocycles. The minimum Gasteiger partial charge on any atom is -0.337 e. The molecule has 0 radical (unpaired) electrons. The van der Waals surface area contributed by atoms with Crippen LogP contribution in [0, 0.1) is 5.82 Å². The van der Waals surface area contributed by atoms with E-state index in [1.54, 1.807) is 40.5 Å². The summed E-state index contributed by atoms with van der Waals surface area (Å²) in [6.45, 7) is 0.421. The first-order valence-corrected chi connectivity index (χ1v) is 12.4. The quantitative estimate of drug-likeness (QED) is 0.530. The third-order valence-corrected chi connectivity index (χ3v) is 8.45. The molecule has 1 aromatic heterocycles. The largest absolute Gasteiger partial charge is 0.337 e. The molecule has 0 unspecified atom stereocenters. The summed E-state index contributed by atoms with van der Waals surface area (Å²) in [7, 11) is -4.28. The van der Waals surface area contributed by atoms with Crippen LogP contribution in [0.3, 0.4) is 0 Å². The van der Waals surface area contributed by atoms with E-state index in [0.29, 0.717) is 23.7 Å². The van der Waals surface area contributed by atoms with E-state index in [1.165, 1.54) is 23.1 Å². The van der Waals surface area contributed by atoms with Gasteiger partial charge in [-0.25, -0.2) is 12.8 Å². The molecule has 1 aliphatic rings. The van der Waals surface area contributed by atoms with Gasteiger partial charge in [0, 0.05) is 29.5 Å². The van der Waals surface area contributed by atoms with Crippen LogP contribution in [0.4, 0.5) is 4.39 Å². The van der Waals surface area contributed by atoms with E-state index in [0.717, 1.165) is 22.4 Å². The molecule has 1 aliphatic heterocycles. The zero-order chi connectivity index (χ0) is 22.0. The molecule has 0 saturated carbocycles. The van der Waals surface area contributed by atoms with Crippen LogP contribution in [0.25, 0.3) is 0 Å². The summed E-state index contributed by atoms with van der Waals surface area (Å²) in [6.07, 6.45) is 0.739. The Bertz CT molecular complexity index is 1210. The van der Waals surface area contributed by atoms with Gasteiger partial charge in [-0.1, -0.05) is 41.9 Å². The number of nitrogens with zero attached hydrogens (tertiary/aromatic N) is 2. The van der Waals surface area contributed by atoms with Gasteiger partial charge in [0.2, 0.25) is 15.9 Å². The molecular weight excluding hydrogens is 459 g/mol. The topological polar surface area (TPSA) is 57.7 Å². The number of carbonyl (C=O) groups excluding carboxylic acids is 1. The number of carbonyl (C=O) groups is 1. The van der Waals surface area contributed by atoms with Crippen LogP contribution in [-0.2, 0) is 34.3 Å². The SMILES string of the molecule is O=C(CN(Cc1ccccc1Cl)S(=O)(=O)c1ccccc1F)N1CCc2sccc2C1. The zero-order valence-electron chi connectivity index (χ0n) is 16.5. The maximum atomic E-state index is 14.4. The second-order valence-corrected chi connectivity index (χ2v) is 10.5. The lowest BCUT2D eigenvalue weighted by Crippen LogP contribution is -2.44. The van der Waals surface area contributed by atoms with Gasteiger partial charge in [-0.3, -0.25) is 4.79 Å². The molecule has 0 bridgehead atoms. The number of hydrogen-bond donors (Lipinski definition) is 0. The van der Waals surface area contributed by atoms with Gasteiger partial charge in [-0.05, 0) is 47.2 Å². The van der Waals surface area contributed by atoms with Crippen molar-refractivity contribution in [2.75, 3.05) is 13.1 Å². The summed E-state index contributed by atoms with van der Waals surface area (Å²) in [5.74, 6) is -1.19. The third-order valence-electron chi connectivity index (χ3n) is 5.23. The predicted octanol–water partition coefficient (Wildman–Crippen LogP) is 4.32. The molecule has 5 nitrogen and oxygen atoms in total. The van der Waals surface area contributed by atoms with Crippen molar-refractivity contribution in [3.8, 4) is 0 Å². The minimum absolute atomic E-state index is 0.139. The average molecular weight is 479 g/mol. The van der Waals surface area contributed by atoms with E-state index in [4.69, 9.17) is 11.6 Å². The van der Waals surface area contributed by atoms with Crippen LogP contribution in [0.5, 0.6) is 0 Å². The molecule has 0 atom stereocenters. The predicted molar refractivity (Wildman–Crippen MR) is 119 cm³/mol. The van der Waals surface area contributed by atoms with E-state index in [9.17, 15) is 17.6 Å². The number of sulfonamides is 1. The fraction of sp³-hybridized carbons (Fsp3) is 0.227. The van der Waals surface area contributed by atoms with Crippen LogP contribution in [0.15, 0.2) is 64.9 Å². The third kappa shape index (κ3) is 4.67. The first-order valence-electron chi connectivity index (χ1n) is 9.67. The Balaban J connectivity index is 1.63. The van der Waals surface area contributed by atoms with Crippen molar-refractivity contribution in [3.63, 3.8) is 0 Å². The van der Waals surface area contributed by atoms with E-state index in [-0.39, 0.29) is 12.5 Å². The summed E-state index contributed by atoms with van der Waals surface area (Å²) in [5.41, 5.74) is 1.62. The maximum Gasteiger partial charge on any atom is 0.246 e. The smallest absolute Gasteiger partial charge is 0.246 e. The van der Waals surface area contributed by atoms with Crippen molar-refractivity contribution in [2.45, 2.75) is 24.4 Å². The van der Waals surface area contributed by atoms with Gasteiger partial charge in [-0.15, -0.1) is 11.3 Å². The summed E-state index contributed by atoms with van der Waals surface area (Å²) in [5, 5.41) is 2.37. The highest BCUT2D eigenvalue weighted by Crippen LogP contribution is 2.26. The van der Waals surface area contributed by atoms with Crippen LogP contribution in [-0.4, -0.2) is 36.6 Å². The molecule has 4 rings (SSSR count). The van der Waals surface area contributed by atoms with Crippen molar-refractivity contribution in [3.05, 3.63) is 86.8 Å². The molecule has 0 aliphatic carbocycles. The summed E-state index contributed by atoms with van der Waals surface area (Å²) in [4.78, 5) is 15.5. The van der Waals surface area contributed by atoms with Gasteiger partial charge in [0.25, 0.3) is 0 Å². The van der Waals surface area contributed by atoms with E-state index in [1.807, 2.05) is 11.4 Å². The zero-order valence-corrected chi connectivity index (χ0v) is 18.9. The molecule has 0 spiro atoms. The fourth-order valence-electron chi connectivity index (χ4n) is 3.55. The van der Waals surface area contributed by atoms with Gasteiger partial charge >= 0.3 is 0 Å². The number of thiophene rings is 1. The normalized spacial score (nSPS) is 14.0. The van der Waals surface area contributed by atoms with E-state index in [2.05, 4.69) is 0 Å². The Hall–Kier alpha value is -2.26. The Morgan fingerprint density at radius 2 is 1.87 bits per heavy atom. The summed E-state index contributed by atoms with van der Waals surface area (Å²) < 4.78 is 42.0. The van der Waals surface area contributed by atoms with E-state index < -0.39 is 27.3 Å². The van der Waals surface area contributed by atoms with Crippen LogP contribution in [0.2, 0.25) is 5.02 Å². The number of hydrogen-bond acceptors (Lipinski definition) is 4. The first-order chi connectivity index (χ1) is 14.9. The molecule has 2 heterocycles. The first kappa shape index (κ1) is 22.0. The number of amides is 1. The van der Waals surface area contributed by atoms with Gasteiger partial charge < -0.3 is 4.90 Å². The molecular formula is C22H20ClFN2O3S2. The van der Waals surface area contributed by atoms with Gasteiger partial charge in [0.15, 0.2) is 0 Å².